The number of anilines is 2. The third kappa shape index (κ3) is 7.48. The normalized spacial score (nSPS) is 14.3. The predicted octanol–water partition coefficient (Wildman–Crippen LogP) is 6.94. The molecular weight excluding hydrogens is 440 g/mol. The topological polar surface area (TPSA) is 76.7 Å². The first-order chi connectivity index (χ1) is 16.7. The third-order valence-electron chi connectivity index (χ3n) is 6.42. The molecule has 1 saturated carbocycles. The van der Waals surface area contributed by atoms with Crippen LogP contribution in [-0.4, -0.2) is 25.0 Å². The smallest absolute Gasteiger partial charge is 0.255 e. The number of rotatable bonds is 9. The Bertz CT molecular complexity index is 1000. The SMILES string of the molecule is CCOc1cc(NC(=O)c2ccc(C(C)(C)C)cc2)c(OCC)cc1NC(=O)CC1CCCCC1. The van der Waals surface area contributed by atoms with Gasteiger partial charge in [-0.1, -0.05) is 52.2 Å². The molecule has 2 amide bonds. The highest BCUT2D eigenvalue weighted by atomic mass is 16.5. The maximum absolute atomic E-state index is 13.0. The fourth-order valence-electron chi connectivity index (χ4n) is 4.48. The first kappa shape index (κ1) is 26.6. The van der Waals surface area contributed by atoms with E-state index in [4.69, 9.17) is 9.47 Å². The molecule has 2 aromatic carbocycles. The largest absolute Gasteiger partial charge is 0.492 e. The molecule has 1 aliphatic carbocycles. The van der Waals surface area contributed by atoms with Crippen LogP contribution in [0.2, 0.25) is 0 Å². The number of benzene rings is 2. The van der Waals surface area contributed by atoms with Crippen LogP contribution in [0.1, 0.15) is 89.1 Å². The predicted molar refractivity (Wildman–Crippen MR) is 142 cm³/mol. The van der Waals surface area contributed by atoms with E-state index in [9.17, 15) is 9.59 Å². The number of ether oxygens (including phenoxy) is 2. The second-order valence-corrected chi connectivity index (χ2v) is 10.2. The van der Waals surface area contributed by atoms with Gasteiger partial charge in [-0.2, -0.15) is 0 Å². The van der Waals surface area contributed by atoms with E-state index in [1.807, 2.05) is 38.1 Å². The van der Waals surface area contributed by atoms with E-state index in [0.717, 1.165) is 18.4 Å². The highest BCUT2D eigenvalue weighted by molar-refractivity contribution is 6.05. The lowest BCUT2D eigenvalue weighted by Gasteiger charge is -2.22. The fourth-order valence-corrected chi connectivity index (χ4v) is 4.48. The Morgan fingerprint density at radius 2 is 1.40 bits per heavy atom. The van der Waals surface area contributed by atoms with Crippen molar-refractivity contribution in [3.8, 4) is 11.5 Å². The van der Waals surface area contributed by atoms with Crippen molar-refractivity contribution in [1.82, 2.24) is 0 Å². The van der Waals surface area contributed by atoms with Crippen molar-refractivity contribution in [3.63, 3.8) is 0 Å². The van der Waals surface area contributed by atoms with Gasteiger partial charge in [0.2, 0.25) is 5.91 Å². The van der Waals surface area contributed by atoms with Gasteiger partial charge in [0.05, 0.1) is 24.6 Å². The van der Waals surface area contributed by atoms with Gasteiger partial charge in [-0.15, -0.1) is 0 Å². The Balaban J connectivity index is 1.80. The molecule has 2 N–H and O–H groups in total. The van der Waals surface area contributed by atoms with Gasteiger partial charge in [-0.05, 0) is 55.7 Å². The van der Waals surface area contributed by atoms with Gasteiger partial charge in [0, 0.05) is 24.1 Å². The second kappa shape index (κ2) is 12.1. The molecule has 1 fully saturated rings. The number of hydrogen-bond acceptors (Lipinski definition) is 4. The lowest BCUT2D eigenvalue weighted by atomic mass is 9.87. The minimum absolute atomic E-state index is 0.0147. The average molecular weight is 481 g/mol. The van der Waals surface area contributed by atoms with Gasteiger partial charge in [-0.25, -0.2) is 0 Å². The molecule has 0 unspecified atom stereocenters. The second-order valence-electron chi connectivity index (χ2n) is 10.2. The van der Waals surface area contributed by atoms with Crippen molar-refractivity contribution in [2.75, 3.05) is 23.8 Å². The van der Waals surface area contributed by atoms with Gasteiger partial charge < -0.3 is 20.1 Å². The van der Waals surface area contributed by atoms with Crippen LogP contribution >= 0.6 is 0 Å². The Labute approximate surface area is 209 Å². The third-order valence-corrected chi connectivity index (χ3v) is 6.42. The Morgan fingerprint density at radius 3 is 1.91 bits per heavy atom. The molecule has 0 heterocycles. The van der Waals surface area contributed by atoms with Crippen LogP contribution in [0.15, 0.2) is 36.4 Å². The summed E-state index contributed by atoms with van der Waals surface area (Å²) in [5.74, 6) is 1.18. The fraction of sp³-hybridized carbons (Fsp3) is 0.517. The van der Waals surface area contributed by atoms with Gasteiger partial charge in [0.15, 0.2) is 0 Å². The summed E-state index contributed by atoms with van der Waals surface area (Å²) >= 11 is 0. The molecular formula is C29H40N2O4. The highest BCUT2D eigenvalue weighted by Gasteiger charge is 2.21. The maximum atomic E-state index is 13.0. The Kier molecular flexibility index (Phi) is 9.19. The van der Waals surface area contributed by atoms with Crippen LogP contribution in [0.4, 0.5) is 11.4 Å². The summed E-state index contributed by atoms with van der Waals surface area (Å²) in [5.41, 5.74) is 2.80. The monoisotopic (exact) mass is 480 g/mol. The molecule has 6 heteroatoms. The molecule has 0 saturated heterocycles. The van der Waals surface area contributed by atoms with E-state index in [-0.39, 0.29) is 17.2 Å². The van der Waals surface area contributed by atoms with Gasteiger partial charge in [0.25, 0.3) is 5.91 Å². The number of carbonyl (C=O) groups is 2. The maximum Gasteiger partial charge on any atom is 0.255 e. The molecule has 3 rings (SSSR count). The van der Waals surface area contributed by atoms with E-state index in [1.54, 1.807) is 12.1 Å². The quantitative estimate of drug-likeness (QED) is 0.407. The van der Waals surface area contributed by atoms with E-state index >= 15 is 0 Å². The summed E-state index contributed by atoms with van der Waals surface area (Å²) in [5, 5.41) is 5.98. The van der Waals surface area contributed by atoms with Crippen molar-refractivity contribution < 1.29 is 19.1 Å². The van der Waals surface area contributed by atoms with E-state index in [2.05, 4.69) is 31.4 Å². The Hall–Kier alpha value is -3.02. The van der Waals surface area contributed by atoms with Crippen LogP contribution < -0.4 is 20.1 Å². The van der Waals surface area contributed by atoms with Crippen molar-refractivity contribution in [2.24, 2.45) is 5.92 Å². The lowest BCUT2D eigenvalue weighted by molar-refractivity contribution is -0.117. The first-order valence-corrected chi connectivity index (χ1v) is 12.9. The number of carbonyl (C=O) groups excluding carboxylic acids is 2. The van der Waals surface area contributed by atoms with Gasteiger partial charge in [-0.3, -0.25) is 9.59 Å². The summed E-state index contributed by atoms with van der Waals surface area (Å²) in [6.45, 7) is 11.0. The summed E-state index contributed by atoms with van der Waals surface area (Å²) in [6.07, 6.45) is 6.39. The molecule has 0 aromatic heterocycles. The zero-order valence-corrected chi connectivity index (χ0v) is 21.8. The highest BCUT2D eigenvalue weighted by Crippen LogP contribution is 2.38. The summed E-state index contributed by atoms with van der Waals surface area (Å²) in [6, 6.07) is 11.1. The molecule has 35 heavy (non-hydrogen) atoms. The number of hydrogen-bond donors (Lipinski definition) is 2. The van der Waals surface area contributed by atoms with Crippen molar-refractivity contribution >= 4 is 23.2 Å². The molecule has 0 spiro atoms. The van der Waals surface area contributed by atoms with Crippen molar-refractivity contribution in [1.29, 1.82) is 0 Å². The average Bonchev–Trinajstić information content (AvgIpc) is 2.82. The van der Waals surface area contributed by atoms with Crippen LogP contribution in [0.25, 0.3) is 0 Å². The van der Waals surface area contributed by atoms with E-state index < -0.39 is 0 Å². The van der Waals surface area contributed by atoms with Crippen LogP contribution in [0.3, 0.4) is 0 Å². The summed E-state index contributed by atoms with van der Waals surface area (Å²) in [7, 11) is 0. The molecule has 0 aliphatic heterocycles. The number of amides is 2. The van der Waals surface area contributed by atoms with E-state index in [1.165, 1.54) is 19.3 Å². The zero-order chi connectivity index (χ0) is 25.4. The van der Waals surface area contributed by atoms with Crippen molar-refractivity contribution in [2.45, 2.75) is 78.6 Å². The molecule has 190 valence electrons. The summed E-state index contributed by atoms with van der Waals surface area (Å²) in [4.78, 5) is 25.8. The van der Waals surface area contributed by atoms with Crippen LogP contribution in [0.5, 0.6) is 11.5 Å². The zero-order valence-electron chi connectivity index (χ0n) is 21.8. The first-order valence-electron chi connectivity index (χ1n) is 12.9. The molecule has 0 radical (unpaired) electrons. The Morgan fingerprint density at radius 1 is 0.857 bits per heavy atom. The molecule has 6 nitrogen and oxygen atoms in total. The molecule has 0 bridgehead atoms. The molecule has 1 aliphatic rings. The van der Waals surface area contributed by atoms with Gasteiger partial charge in [0.1, 0.15) is 11.5 Å². The van der Waals surface area contributed by atoms with Crippen molar-refractivity contribution in [3.05, 3.63) is 47.5 Å². The lowest BCUT2D eigenvalue weighted by Crippen LogP contribution is -2.19. The van der Waals surface area contributed by atoms with E-state index in [0.29, 0.717) is 54.0 Å². The summed E-state index contributed by atoms with van der Waals surface area (Å²) < 4.78 is 11.6. The van der Waals surface area contributed by atoms with Crippen LogP contribution in [0, 0.1) is 5.92 Å². The molecule has 2 aromatic rings. The van der Waals surface area contributed by atoms with Gasteiger partial charge >= 0.3 is 0 Å². The minimum atomic E-state index is -0.233. The van der Waals surface area contributed by atoms with Crippen LogP contribution in [-0.2, 0) is 10.2 Å². The standard InChI is InChI=1S/C29H40N2O4/c1-6-34-25-19-24(31-28(33)21-13-15-22(16-14-21)29(3,4)5)26(35-7-2)18-23(25)30-27(32)17-20-11-9-8-10-12-20/h13-16,18-20H,6-12,17H2,1-5H3,(H,30,32)(H,31,33). The minimum Gasteiger partial charge on any atom is -0.492 e. The number of nitrogens with one attached hydrogen (secondary N) is 2. The molecule has 0 atom stereocenters.